The fourth-order valence-electron chi connectivity index (χ4n) is 7.59. The molecule has 2 aliphatic carbocycles. The van der Waals surface area contributed by atoms with Crippen molar-refractivity contribution in [2.75, 3.05) is 0 Å². The van der Waals surface area contributed by atoms with Crippen LogP contribution in [0.15, 0.2) is 85.1 Å². The van der Waals surface area contributed by atoms with Crippen LogP contribution >= 0.6 is 0 Å². The summed E-state index contributed by atoms with van der Waals surface area (Å²) in [6, 6.07) is 25.8. The van der Waals surface area contributed by atoms with Gasteiger partial charge in [0.2, 0.25) is 0 Å². The normalized spacial score (nSPS) is 16.3. The Morgan fingerprint density at radius 1 is 0.625 bits per heavy atom. The minimum absolute atomic E-state index is 0.317. The topological polar surface area (TPSA) is 12.9 Å². The highest BCUT2D eigenvalue weighted by molar-refractivity contribution is 6.17. The van der Waals surface area contributed by atoms with Gasteiger partial charge in [0.25, 0.3) is 0 Å². The summed E-state index contributed by atoms with van der Waals surface area (Å²) >= 11 is 0. The minimum atomic E-state index is -4.43. The van der Waals surface area contributed by atoms with Crippen molar-refractivity contribution in [1.29, 1.82) is 0 Å². The molecule has 40 heavy (non-hydrogen) atoms. The third-order valence-electron chi connectivity index (χ3n) is 9.47. The standard InChI is InChI=1S/C36H26F3N/c1-34(2)28-17-20-9-6-5-8-19(20)16-25(28)33-31-22(14-15-40-33)21-12-13-23-30-26(10-7-11-27(30)36(37,38)39)35(3,4)32(23)24(21)18-29(31)34/h5-18H,1-4H3. The third kappa shape index (κ3) is 2.81. The van der Waals surface area contributed by atoms with E-state index in [1.807, 2.05) is 24.4 Å². The van der Waals surface area contributed by atoms with E-state index < -0.39 is 17.2 Å². The van der Waals surface area contributed by atoms with Gasteiger partial charge in [-0.15, -0.1) is 0 Å². The molecule has 0 fully saturated rings. The maximum atomic E-state index is 14.2. The molecule has 8 rings (SSSR count). The van der Waals surface area contributed by atoms with E-state index in [1.54, 1.807) is 6.07 Å². The van der Waals surface area contributed by atoms with Crippen molar-refractivity contribution >= 4 is 32.3 Å². The van der Waals surface area contributed by atoms with Crippen molar-refractivity contribution in [2.45, 2.75) is 44.7 Å². The predicted octanol–water partition coefficient (Wildman–Crippen LogP) is 10.2. The van der Waals surface area contributed by atoms with Gasteiger partial charge in [-0.2, -0.15) is 13.2 Å². The van der Waals surface area contributed by atoms with Gasteiger partial charge in [-0.25, -0.2) is 0 Å². The maximum absolute atomic E-state index is 14.2. The summed E-state index contributed by atoms with van der Waals surface area (Å²) in [5.74, 6) is 0. The van der Waals surface area contributed by atoms with Gasteiger partial charge in [0, 0.05) is 28.0 Å². The van der Waals surface area contributed by atoms with E-state index in [0.717, 1.165) is 49.5 Å². The molecule has 0 spiro atoms. The largest absolute Gasteiger partial charge is 0.417 e. The number of hydrogen-bond acceptors (Lipinski definition) is 1. The van der Waals surface area contributed by atoms with Gasteiger partial charge in [-0.05, 0) is 90.6 Å². The Morgan fingerprint density at radius 2 is 1.38 bits per heavy atom. The highest BCUT2D eigenvalue weighted by Gasteiger charge is 2.44. The first-order chi connectivity index (χ1) is 19.0. The molecule has 4 heteroatoms. The number of pyridine rings is 1. The van der Waals surface area contributed by atoms with Gasteiger partial charge in [0.05, 0.1) is 11.3 Å². The summed E-state index contributed by atoms with van der Waals surface area (Å²) in [6.45, 7) is 8.61. The molecule has 0 unspecified atom stereocenters. The van der Waals surface area contributed by atoms with Gasteiger partial charge in [0.1, 0.15) is 0 Å². The van der Waals surface area contributed by atoms with Crippen LogP contribution in [0.1, 0.15) is 55.5 Å². The number of aromatic nitrogens is 1. The number of fused-ring (bicyclic) bond motifs is 9. The third-order valence-corrected chi connectivity index (χ3v) is 9.47. The summed E-state index contributed by atoms with van der Waals surface area (Å²) in [5, 5.41) is 6.65. The van der Waals surface area contributed by atoms with Crippen molar-refractivity contribution in [3.05, 3.63) is 113 Å². The molecule has 2 aliphatic rings. The number of benzene rings is 5. The average Bonchev–Trinajstić information content (AvgIpc) is 3.17. The number of hydrogen-bond donors (Lipinski definition) is 0. The van der Waals surface area contributed by atoms with Gasteiger partial charge in [-0.1, -0.05) is 76.2 Å². The summed E-state index contributed by atoms with van der Waals surface area (Å²) in [7, 11) is 0. The summed E-state index contributed by atoms with van der Waals surface area (Å²) < 4.78 is 42.7. The zero-order valence-electron chi connectivity index (χ0n) is 22.7. The van der Waals surface area contributed by atoms with Crippen molar-refractivity contribution in [2.24, 2.45) is 0 Å². The minimum Gasteiger partial charge on any atom is -0.256 e. The van der Waals surface area contributed by atoms with E-state index in [9.17, 15) is 13.2 Å². The molecule has 6 aromatic rings. The SMILES string of the molecule is CC1(C)c2cccc(C(F)(F)F)c2-c2ccc3c(cc4c5c(nccc53)-c3cc5ccccc5cc3C4(C)C)c21. The average molecular weight is 530 g/mol. The molecular formula is C36H26F3N. The molecule has 0 radical (unpaired) electrons. The molecule has 1 heterocycles. The fourth-order valence-corrected chi connectivity index (χ4v) is 7.59. The smallest absolute Gasteiger partial charge is 0.256 e. The molecule has 0 saturated carbocycles. The van der Waals surface area contributed by atoms with Gasteiger partial charge < -0.3 is 0 Å². The van der Waals surface area contributed by atoms with E-state index >= 15 is 0 Å². The lowest BCUT2D eigenvalue weighted by Gasteiger charge is -2.36. The Kier molecular flexibility index (Phi) is 4.33. The van der Waals surface area contributed by atoms with E-state index in [4.69, 9.17) is 4.98 Å². The summed E-state index contributed by atoms with van der Waals surface area (Å²) in [6.07, 6.45) is -2.56. The Balaban J connectivity index is 1.52. The lowest BCUT2D eigenvalue weighted by atomic mass is 9.68. The number of rotatable bonds is 0. The second kappa shape index (κ2) is 7.31. The molecule has 0 amide bonds. The Morgan fingerprint density at radius 3 is 2.12 bits per heavy atom. The summed E-state index contributed by atoms with van der Waals surface area (Å²) in [4.78, 5) is 4.91. The Labute approximate surface area is 230 Å². The van der Waals surface area contributed by atoms with Crippen LogP contribution in [0.5, 0.6) is 0 Å². The van der Waals surface area contributed by atoms with Gasteiger partial charge >= 0.3 is 6.18 Å². The van der Waals surface area contributed by atoms with Crippen molar-refractivity contribution in [3.8, 4) is 22.4 Å². The number of alkyl halides is 3. The van der Waals surface area contributed by atoms with Crippen molar-refractivity contribution in [3.63, 3.8) is 0 Å². The first-order valence-corrected chi connectivity index (χ1v) is 13.6. The molecule has 1 nitrogen and oxygen atoms in total. The molecule has 1 aromatic heterocycles. The summed E-state index contributed by atoms with van der Waals surface area (Å²) in [5.41, 5.74) is 5.69. The van der Waals surface area contributed by atoms with Crippen LogP contribution in [0.25, 0.3) is 54.7 Å². The van der Waals surface area contributed by atoms with Gasteiger partial charge in [0.15, 0.2) is 0 Å². The van der Waals surface area contributed by atoms with E-state index in [2.05, 4.69) is 76.2 Å². The number of nitrogens with zero attached hydrogens (tertiary/aromatic N) is 1. The van der Waals surface area contributed by atoms with Crippen LogP contribution in [-0.2, 0) is 17.0 Å². The lowest BCUT2D eigenvalue weighted by Crippen LogP contribution is -2.24. The first-order valence-electron chi connectivity index (χ1n) is 13.6. The van der Waals surface area contributed by atoms with Crippen LogP contribution in [-0.4, -0.2) is 4.98 Å². The zero-order chi connectivity index (χ0) is 27.8. The van der Waals surface area contributed by atoms with Crippen LogP contribution < -0.4 is 0 Å². The molecule has 0 atom stereocenters. The fraction of sp³-hybridized carbons (Fsp3) is 0.194. The van der Waals surface area contributed by atoms with Crippen LogP contribution in [0.3, 0.4) is 0 Å². The molecule has 196 valence electrons. The Bertz CT molecular complexity index is 2100. The molecule has 0 saturated heterocycles. The zero-order valence-corrected chi connectivity index (χ0v) is 22.7. The molecule has 5 aromatic carbocycles. The quantitative estimate of drug-likeness (QED) is 0.178. The molecule has 0 bridgehead atoms. The number of halogens is 3. The highest BCUT2D eigenvalue weighted by atomic mass is 19.4. The van der Waals surface area contributed by atoms with E-state index in [1.165, 1.54) is 22.4 Å². The maximum Gasteiger partial charge on any atom is 0.417 e. The van der Waals surface area contributed by atoms with Crippen LogP contribution in [0.4, 0.5) is 13.2 Å². The Hall–Kier alpha value is -4.18. The van der Waals surface area contributed by atoms with E-state index in [-0.39, 0.29) is 5.41 Å². The molecular weight excluding hydrogens is 503 g/mol. The highest BCUT2D eigenvalue weighted by Crippen LogP contribution is 2.57. The second-order valence-corrected chi connectivity index (χ2v) is 12.3. The monoisotopic (exact) mass is 529 g/mol. The van der Waals surface area contributed by atoms with Crippen LogP contribution in [0, 0.1) is 0 Å². The van der Waals surface area contributed by atoms with Crippen molar-refractivity contribution < 1.29 is 13.2 Å². The van der Waals surface area contributed by atoms with E-state index in [0.29, 0.717) is 11.1 Å². The van der Waals surface area contributed by atoms with Crippen LogP contribution in [0.2, 0.25) is 0 Å². The molecule has 0 N–H and O–H groups in total. The van der Waals surface area contributed by atoms with Gasteiger partial charge in [-0.3, -0.25) is 4.98 Å². The lowest BCUT2D eigenvalue weighted by molar-refractivity contribution is -0.137. The predicted molar refractivity (Wildman–Crippen MR) is 157 cm³/mol. The first kappa shape index (κ1) is 23.7. The van der Waals surface area contributed by atoms with Crippen molar-refractivity contribution in [1.82, 2.24) is 4.98 Å². The molecule has 0 aliphatic heterocycles. The second-order valence-electron chi connectivity index (χ2n) is 12.3.